The van der Waals surface area contributed by atoms with E-state index in [4.69, 9.17) is 11.6 Å². The molecule has 0 saturated carbocycles. The molecule has 2 aromatic rings. The summed E-state index contributed by atoms with van der Waals surface area (Å²) in [5.74, 6) is 0. The van der Waals surface area contributed by atoms with Gasteiger partial charge in [-0.3, -0.25) is 0 Å². The van der Waals surface area contributed by atoms with Gasteiger partial charge in [0.05, 0.1) is 5.69 Å². The number of hydrogen-bond donors (Lipinski definition) is 0. The smallest absolute Gasteiger partial charge is 0.203 e. The highest BCUT2D eigenvalue weighted by Crippen LogP contribution is 2.19. The van der Waals surface area contributed by atoms with E-state index in [0.717, 1.165) is 11.3 Å². The van der Waals surface area contributed by atoms with Gasteiger partial charge in [-0.05, 0) is 11.6 Å². The first-order valence-electron chi connectivity index (χ1n) is 4.01. The Morgan fingerprint density at radius 2 is 1.92 bits per heavy atom. The summed E-state index contributed by atoms with van der Waals surface area (Å²) in [4.78, 5) is 4.21. The first kappa shape index (κ1) is 8.32. The van der Waals surface area contributed by atoms with Crippen LogP contribution in [-0.4, -0.2) is 9.55 Å². The van der Waals surface area contributed by atoms with Gasteiger partial charge in [-0.2, -0.15) is 0 Å². The summed E-state index contributed by atoms with van der Waals surface area (Å²) in [6.07, 6.45) is 1.91. The molecule has 0 aliphatic carbocycles. The van der Waals surface area contributed by atoms with Crippen molar-refractivity contribution in [3.8, 4) is 11.3 Å². The van der Waals surface area contributed by atoms with Crippen LogP contribution < -0.4 is 0 Å². The van der Waals surface area contributed by atoms with Crippen LogP contribution >= 0.6 is 11.6 Å². The molecule has 1 aromatic heterocycles. The van der Waals surface area contributed by atoms with E-state index in [-0.39, 0.29) is 0 Å². The van der Waals surface area contributed by atoms with E-state index in [9.17, 15) is 0 Å². The minimum Gasteiger partial charge on any atom is -0.324 e. The van der Waals surface area contributed by atoms with Crippen LogP contribution in [0.3, 0.4) is 0 Å². The molecule has 0 fully saturated rings. The normalized spacial score (nSPS) is 10.3. The fourth-order valence-electron chi connectivity index (χ4n) is 1.19. The maximum atomic E-state index is 5.83. The first-order valence-corrected chi connectivity index (χ1v) is 4.39. The number of aromatic nitrogens is 2. The van der Waals surface area contributed by atoms with Crippen LogP contribution in [0.25, 0.3) is 11.3 Å². The predicted octanol–water partition coefficient (Wildman–Crippen LogP) is 2.74. The van der Waals surface area contributed by atoms with Crippen LogP contribution in [0.15, 0.2) is 36.5 Å². The summed E-state index contributed by atoms with van der Waals surface area (Å²) in [6.45, 7) is 0. The minimum absolute atomic E-state index is 0.513. The van der Waals surface area contributed by atoms with Crippen LogP contribution in [0, 0.1) is 0 Å². The van der Waals surface area contributed by atoms with E-state index in [0.29, 0.717) is 5.28 Å². The van der Waals surface area contributed by atoms with Gasteiger partial charge < -0.3 is 4.57 Å². The van der Waals surface area contributed by atoms with Gasteiger partial charge in [-0.15, -0.1) is 0 Å². The average Bonchev–Trinajstić information content (AvgIpc) is 2.49. The molecule has 0 aliphatic heterocycles. The fraction of sp³-hybridized carbons (Fsp3) is 0.100. The molecule has 2 rings (SSSR count). The van der Waals surface area contributed by atoms with Gasteiger partial charge in [-0.25, -0.2) is 4.98 Å². The minimum atomic E-state index is 0.513. The van der Waals surface area contributed by atoms with E-state index in [1.807, 2.05) is 43.6 Å². The molecule has 0 radical (unpaired) electrons. The Morgan fingerprint density at radius 3 is 2.46 bits per heavy atom. The van der Waals surface area contributed by atoms with Gasteiger partial charge in [-0.1, -0.05) is 30.3 Å². The zero-order valence-corrected chi connectivity index (χ0v) is 7.99. The molecule has 66 valence electrons. The van der Waals surface area contributed by atoms with Gasteiger partial charge in [0.25, 0.3) is 0 Å². The third kappa shape index (κ3) is 1.58. The van der Waals surface area contributed by atoms with Crippen molar-refractivity contribution in [1.29, 1.82) is 0 Å². The maximum Gasteiger partial charge on any atom is 0.203 e. The number of imidazole rings is 1. The predicted molar refractivity (Wildman–Crippen MR) is 53.7 cm³/mol. The number of benzene rings is 1. The fourth-order valence-corrected chi connectivity index (χ4v) is 1.33. The molecule has 2 nitrogen and oxygen atoms in total. The third-order valence-corrected chi connectivity index (χ3v) is 2.24. The molecule has 0 amide bonds. The molecule has 13 heavy (non-hydrogen) atoms. The van der Waals surface area contributed by atoms with Crippen molar-refractivity contribution in [1.82, 2.24) is 9.55 Å². The van der Waals surface area contributed by atoms with E-state index < -0.39 is 0 Å². The summed E-state index contributed by atoms with van der Waals surface area (Å²) < 4.78 is 1.80. The van der Waals surface area contributed by atoms with Crippen LogP contribution in [0.2, 0.25) is 5.28 Å². The van der Waals surface area contributed by atoms with Gasteiger partial charge in [0.15, 0.2) is 0 Å². The highest BCUT2D eigenvalue weighted by atomic mass is 35.5. The molecule has 0 saturated heterocycles. The molecule has 3 heteroatoms. The summed E-state index contributed by atoms with van der Waals surface area (Å²) in [5.41, 5.74) is 2.00. The van der Waals surface area contributed by atoms with Gasteiger partial charge in [0.1, 0.15) is 0 Å². The van der Waals surface area contributed by atoms with Crippen molar-refractivity contribution < 1.29 is 0 Å². The lowest BCUT2D eigenvalue weighted by molar-refractivity contribution is 0.914. The number of rotatable bonds is 1. The molecule has 0 N–H and O–H groups in total. The molecular formula is C10H9ClN2. The zero-order chi connectivity index (χ0) is 9.26. The number of aryl methyl sites for hydroxylation is 1. The lowest BCUT2D eigenvalue weighted by atomic mass is 10.2. The largest absolute Gasteiger partial charge is 0.324 e. The first-order chi connectivity index (χ1) is 6.27. The van der Waals surface area contributed by atoms with E-state index in [2.05, 4.69) is 4.98 Å². The number of halogens is 1. The van der Waals surface area contributed by atoms with E-state index in [1.165, 1.54) is 0 Å². The van der Waals surface area contributed by atoms with E-state index in [1.54, 1.807) is 4.57 Å². The molecule has 0 aliphatic rings. The molecule has 1 aromatic carbocycles. The topological polar surface area (TPSA) is 17.8 Å². The summed E-state index contributed by atoms with van der Waals surface area (Å²) in [7, 11) is 1.88. The lowest BCUT2D eigenvalue weighted by Gasteiger charge is -1.92. The summed E-state index contributed by atoms with van der Waals surface area (Å²) in [5, 5.41) is 0.513. The van der Waals surface area contributed by atoms with Gasteiger partial charge >= 0.3 is 0 Å². The van der Waals surface area contributed by atoms with Crippen LogP contribution in [0.5, 0.6) is 0 Å². The second-order valence-corrected chi connectivity index (χ2v) is 3.21. The van der Waals surface area contributed by atoms with Crippen molar-refractivity contribution in [3.05, 3.63) is 41.8 Å². The van der Waals surface area contributed by atoms with Crippen LogP contribution in [-0.2, 0) is 7.05 Å². The van der Waals surface area contributed by atoms with Gasteiger partial charge in [0, 0.05) is 18.8 Å². The summed E-state index contributed by atoms with van der Waals surface area (Å²) in [6, 6.07) is 9.97. The molecule has 0 spiro atoms. The maximum absolute atomic E-state index is 5.83. The standard InChI is InChI=1S/C10H9ClN2/c1-13-7-9(12-10(13)11)8-5-3-2-4-6-8/h2-7H,1H3. The highest BCUT2D eigenvalue weighted by Gasteiger charge is 2.03. The summed E-state index contributed by atoms with van der Waals surface area (Å²) >= 11 is 5.83. The molecule has 0 bridgehead atoms. The number of nitrogens with zero attached hydrogens (tertiary/aromatic N) is 2. The second-order valence-electron chi connectivity index (χ2n) is 2.87. The zero-order valence-electron chi connectivity index (χ0n) is 7.24. The lowest BCUT2D eigenvalue weighted by Crippen LogP contribution is -1.81. The Balaban J connectivity index is 2.48. The van der Waals surface area contributed by atoms with Crippen molar-refractivity contribution in [3.63, 3.8) is 0 Å². The Bertz CT molecular complexity index is 387. The van der Waals surface area contributed by atoms with Crippen molar-refractivity contribution in [2.75, 3.05) is 0 Å². The quantitative estimate of drug-likeness (QED) is 0.680. The van der Waals surface area contributed by atoms with Crippen LogP contribution in [0.1, 0.15) is 0 Å². The van der Waals surface area contributed by atoms with Crippen molar-refractivity contribution >= 4 is 11.6 Å². The van der Waals surface area contributed by atoms with Crippen molar-refractivity contribution in [2.24, 2.45) is 7.05 Å². The molecule has 1 heterocycles. The Hall–Kier alpha value is -1.28. The van der Waals surface area contributed by atoms with Gasteiger partial charge in [0.2, 0.25) is 5.28 Å². The molecular weight excluding hydrogens is 184 g/mol. The molecule has 0 atom stereocenters. The Labute approximate surface area is 81.8 Å². The van der Waals surface area contributed by atoms with E-state index >= 15 is 0 Å². The van der Waals surface area contributed by atoms with Crippen LogP contribution in [0.4, 0.5) is 0 Å². The molecule has 0 unspecified atom stereocenters. The van der Waals surface area contributed by atoms with Crippen molar-refractivity contribution in [2.45, 2.75) is 0 Å². The third-order valence-electron chi connectivity index (χ3n) is 1.89. The number of hydrogen-bond acceptors (Lipinski definition) is 1. The average molecular weight is 193 g/mol. The highest BCUT2D eigenvalue weighted by molar-refractivity contribution is 6.28. The second kappa shape index (κ2) is 3.23. The Kier molecular flexibility index (Phi) is 2.07. The SMILES string of the molecule is Cn1cc(-c2ccccc2)nc1Cl. The Morgan fingerprint density at radius 1 is 1.23 bits per heavy atom. The monoisotopic (exact) mass is 192 g/mol.